The third kappa shape index (κ3) is 4.39. The quantitative estimate of drug-likeness (QED) is 0.806. The van der Waals surface area contributed by atoms with Gasteiger partial charge in [0, 0.05) is 19.5 Å². The van der Waals surface area contributed by atoms with E-state index in [-0.39, 0.29) is 12.3 Å². The van der Waals surface area contributed by atoms with Gasteiger partial charge in [-0.15, -0.1) is 0 Å². The van der Waals surface area contributed by atoms with Gasteiger partial charge in [-0.25, -0.2) is 4.79 Å². The first-order valence-corrected chi connectivity index (χ1v) is 9.27. The van der Waals surface area contributed by atoms with E-state index >= 15 is 0 Å². The monoisotopic (exact) mass is 380 g/mol. The first-order valence-electron chi connectivity index (χ1n) is 9.27. The molecule has 1 fully saturated rings. The summed E-state index contributed by atoms with van der Waals surface area (Å²) in [5, 5.41) is 12.2. The molecule has 1 aliphatic heterocycles. The predicted octanol–water partition coefficient (Wildman–Crippen LogP) is 2.59. The van der Waals surface area contributed by atoms with Crippen molar-refractivity contribution >= 4 is 17.8 Å². The van der Waals surface area contributed by atoms with Crippen LogP contribution in [0.2, 0.25) is 0 Å². The average Bonchev–Trinajstić information content (AvgIpc) is 3.03. The Balaban J connectivity index is 1.68. The third-order valence-corrected chi connectivity index (χ3v) is 5.20. The first-order chi connectivity index (χ1) is 13.3. The number of carbonyl (C=O) groups is 3. The van der Waals surface area contributed by atoms with Gasteiger partial charge in [-0.05, 0) is 36.1 Å². The molecule has 2 N–H and O–H groups in total. The second-order valence-electron chi connectivity index (χ2n) is 7.28. The number of likely N-dealkylation sites (tertiary alicyclic amines) is 1. The number of carboxylic acid groups (broad SMARTS) is 1. The van der Waals surface area contributed by atoms with Crippen LogP contribution < -0.4 is 5.32 Å². The highest BCUT2D eigenvalue weighted by molar-refractivity contribution is 5.91. The number of rotatable bonds is 6. The minimum Gasteiger partial charge on any atom is -0.479 e. The van der Waals surface area contributed by atoms with E-state index in [1.54, 1.807) is 17.0 Å². The second-order valence-corrected chi connectivity index (χ2v) is 7.28. The zero-order valence-corrected chi connectivity index (χ0v) is 16.0. The van der Waals surface area contributed by atoms with Gasteiger partial charge in [0.05, 0.1) is 5.92 Å². The summed E-state index contributed by atoms with van der Waals surface area (Å²) in [5.74, 6) is -2.18. The maximum Gasteiger partial charge on any atom is 0.330 e. The largest absolute Gasteiger partial charge is 0.479 e. The number of hydrogen-bond acceptors (Lipinski definition) is 3. The number of nitrogens with one attached hydrogen (secondary N) is 1. The Hall–Kier alpha value is -3.15. The Bertz CT molecular complexity index is 895. The van der Waals surface area contributed by atoms with Crippen LogP contribution in [-0.4, -0.2) is 34.3 Å². The molecule has 0 aromatic heterocycles. The smallest absolute Gasteiger partial charge is 0.330 e. The van der Waals surface area contributed by atoms with Crippen LogP contribution in [0.5, 0.6) is 0 Å². The van der Waals surface area contributed by atoms with E-state index in [2.05, 4.69) is 5.32 Å². The average molecular weight is 380 g/mol. The van der Waals surface area contributed by atoms with Crippen LogP contribution in [-0.2, 0) is 20.9 Å². The van der Waals surface area contributed by atoms with Crippen molar-refractivity contribution in [3.8, 4) is 0 Å². The van der Waals surface area contributed by atoms with Crippen molar-refractivity contribution in [3.05, 3.63) is 70.8 Å². The maximum atomic E-state index is 12.7. The van der Waals surface area contributed by atoms with Crippen LogP contribution in [0.1, 0.15) is 34.7 Å². The van der Waals surface area contributed by atoms with Crippen molar-refractivity contribution in [2.75, 3.05) is 6.54 Å². The Labute approximate surface area is 164 Å². The van der Waals surface area contributed by atoms with Crippen LogP contribution in [0, 0.1) is 19.8 Å². The lowest BCUT2D eigenvalue weighted by Gasteiger charge is -2.19. The van der Waals surface area contributed by atoms with Gasteiger partial charge in [-0.1, -0.05) is 48.5 Å². The molecule has 0 bridgehead atoms. The minimum absolute atomic E-state index is 0.0952. The number of nitrogens with zero attached hydrogens (tertiary/aromatic N) is 1. The molecule has 2 amide bonds. The molecule has 6 heteroatoms. The van der Waals surface area contributed by atoms with E-state index in [0.717, 1.165) is 16.7 Å². The topological polar surface area (TPSA) is 86.7 Å². The normalized spacial score (nSPS) is 17.4. The van der Waals surface area contributed by atoms with Gasteiger partial charge in [0.15, 0.2) is 6.04 Å². The zero-order chi connectivity index (χ0) is 20.3. The van der Waals surface area contributed by atoms with Crippen LogP contribution in [0.15, 0.2) is 48.5 Å². The van der Waals surface area contributed by atoms with Crippen molar-refractivity contribution in [2.45, 2.75) is 32.9 Å². The molecule has 2 atom stereocenters. The lowest BCUT2D eigenvalue weighted by Crippen LogP contribution is -2.38. The molecule has 1 saturated heterocycles. The van der Waals surface area contributed by atoms with E-state index in [4.69, 9.17) is 0 Å². The van der Waals surface area contributed by atoms with E-state index in [9.17, 15) is 19.5 Å². The fourth-order valence-electron chi connectivity index (χ4n) is 3.40. The van der Waals surface area contributed by atoms with Gasteiger partial charge >= 0.3 is 5.97 Å². The number of benzene rings is 2. The standard InChI is InChI=1S/C22H24N2O4/c1-14-8-9-17(10-15(14)2)20(22(27)28)23-21(26)18-11-19(25)24(13-18)12-16-6-4-3-5-7-16/h3-10,18,20H,11-13H2,1-2H3,(H,23,26)(H,27,28). The van der Waals surface area contributed by atoms with Crippen LogP contribution >= 0.6 is 0 Å². The molecular formula is C22H24N2O4. The minimum atomic E-state index is -1.13. The van der Waals surface area contributed by atoms with Gasteiger partial charge in [0.25, 0.3) is 0 Å². The number of carbonyl (C=O) groups excluding carboxylic acids is 2. The van der Waals surface area contributed by atoms with Crippen molar-refractivity contribution in [1.29, 1.82) is 0 Å². The SMILES string of the molecule is Cc1ccc(C(NC(=O)C2CC(=O)N(Cc3ccccc3)C2)C(=O)O)cc1C. The Morgan fingerprint density at radius 3 is 2.50 bits per heavy atom. The highest BCUT2D eigenvalue weighted by Gasteiger charge is 2.36. The highest BCUT2D eigenvalue weighted by atomic mass is 16.4. The van der Waals surface area contributed by atoms with Crippen molar-refractivity contribution in [2.24, 2.45) is 5.92 Å². The van der Waals surface area contributed by atoms with Gasteiger partial charge in [-0.2, -0.15) is 0 Å². The summed E-state index contributed by atoms with van der Waals surface area (Å²) in [7, 11) is 0. The van der Waals surface area contributed by atoms with E-state index in [0.29, 0.717) is 18.7 Å². The lowest BCUT2D eigenvalue weighted by atomic mass is 10.00. The molecule has 6 nitrogen and oxygen atoms in total. The number of aliphatic carboxylic acids is 1. The van der Waals surface area contributed by atoms with E-state index < -0.39 is 23.8 Å². The molecule has 0 radical (unpaired) electrons. The Kier molecular flexibility index (Phi) is 5.78. The molecule has 2 aromatic rings. The fourth-order valence-corrected chi connectivity index (χ4v) is 3.40. The molecule has 3 rings (SSSR count). The van der Waals surface area contributed by atoms with Crippen molar-refractivity contribution in [3.63, 3.8) is 0 Å². The van der Waals surface area contributed by atoms with Gasteiger partial charge in [-0.3, -0.25) is 9.59 Å². The summed E-state index contributed by atoms with van der Waals surface area (Å²) in [5.41, 5.74) is 3.53. The summed E-state index contributed by atoms with van der Waals surface area (Å²) in [4.78, 5) is 38.3. The van der Waals surface area contributed by atoms with E-state index in [1.165, 1.54) is 0 Å². The van der Waals surface area contributed by atoms with Crippen LogP contribution in [0.4, 0.5) is 0 Å². The fraction of sp³-hybridized carbons (Fsp3) is 0.318. The maximum absolute atomic E-state index is 12.7. The molecule has 1 aliphatic rings. The number of carboxylic acids is 1. The Morgan fingerprint density at radius 1 is 1.14 bits per heavy atom. The van der Waals surface area contributed by atoms with Crippen molar-refractivity contribution < 1.29 is 19.5 Å². The second kappa shape index (κ2) is 8.25. The molecule has 0 saturated carbocycles. The molecule has 0 aliphatic carbocycles. The molecule has 1 heterocycles. The summed E-state index contributed by atoms with van der Waals surface area (Å²) in [6.45, 7) is 4.58. The molecule has 0 spiro atoms. The van der Waals surface area contributed by atoms with Crippen LogP contribution in [0.25, 0.3) is 0 Å². The van der Waals surface area contributed by atoms with E-state index in [1.807, 2.05) is 50.2 Å². The Morgan fingerprint density at radius 2 is 1.86 bits per heavy atom. The first kappa shape index (κ1) is 19.6. The zero-order valence-electron chi connectivity index (χ0n) is 16.0. The molecule has 146 valence electrons. The summed E-state index contributed by atoms with van der Waals surface area (Å²) < 4.78 is 0. The summed E-state index contributed by atoms with van der Waals surface area (Å²) in [6.07, 6.45) is 0.0952. The molecule has 2 unspecified atom stereocenters. The van der Waals surface area contributed by atoms with Crippen LogP contribution in [0.3, 0.4) is 0 Å². The van der Waals surface area contributed by atoms with Gasteiger partial charge < -0.3 is 15.3 Å². The highest BCUT2D eigenvalue weighted by Crippen LogP contribution is 2.23. The van der Waals surface area contributed by atoms with Crippen molar-refractivity contribution in [1.82, 2.24) is 10.2 Å². The molecular weight excluding hydrogens is 356 g/mol. The summed E-state index contributed by atoms with van der Waals surface area (Å²) in [6, 6.07) is 13.8. The summed E-state index contributed by atoms with van der Waals surface area (Å²) >= 11 is 0. The molecule has 28 heavy (non-hydrogen) atoms. The lowest BCUT2D eigenvalue weighted by molar-refractivity contribution is -0.142. The third-order valence-electron chi connectivity index (χ3n) is 5.20. The predicted molar refractivity (Wildman–Crippen MR) is 104 cm³/mol. The number of amides is 2. The van der Waals surface area contributed by atoms with Gasteiger partial charge in [0.2, 0.25) is 11.8 Å². The number of hydrogen-bond donors (Lipinski definition) is 2. The molecule has 2 aromatic carbocycles. The number of aryl methyl sites for hydroxylation is 2. The van der Waals surface area contributed by atoms with Gasteiger partial charge in [0.1, 0.15) is 0 Å².